The Balaban J connectivity index is 1.65. The highest BCUT2D eigenvalue weighted by Crippen LogP contribution is 2.38. The summed E-state index contributed by atoms with van der Waals surface area (Å²) in [5, 5.41) is 0.0805. The number of nitrogens with zero attached hydrogens (tertiary/aromatic N) is 1. The number of sulfonamides is 1. The molecule has 11 heteroatoms. The van der Waals surface area contributed by atoms with Crippen LogP contribution in [0.3, 0.4) is 0 Å². The molecule has 168 valence electrons. The van der Waals surface area contributed by atoms with Crippen molar-refractivity contribution in [2.75, 3.05) is 33.4 Å². The molecule has 1 aromatic carbocycles. The van der Waals surface area contributed by atoms with E-state index in [0.29, 0.717) is 17.7 Å². The Hall–Kier alpha value is -1.30. The smallest absolute Gasteiger partial charge is 0.416 e. The summed E-state index contributed by atoms with van der Waals surface area (Å²) in [7, 11) is -2.75. The fraction of sp³-hybridized carbons (Fsp3) is 0.632. The number of rotatable bonds is 5. The Bertz CT molecular complexity index is 844. The fourth-order valence-corrected chi connectivity index (χ4v) is 7.09. The van der Waals surface area contributed by atoms with Gasteiger partial charge in [-0.15, -0.1) is 11.8 Å². The molecule has 2 saturated heterocycles. The third-order valence-electron chi connectivity index (χ3n) is 5.58. The number of halogens is 3. The minimum atomic E-state index is -4.37. The highest BCUT2D eigenvalue weighted by molar-refractivity contribution is 8.00. The van der Waals surface area contributed by atoms with Gasteiger partial charge in [0.05, 0.1) is 12.7 Å². The fourth-order valence-electron chi connectivity index (χ4n) is 3.81. The molecule has 0 radical (unpaired) electrons. The maximum absolute atomic E-state index is 13.3. The van der Waals surface area contributed by atoms with Gasteiger partial charge in [0.2, 0.25) is 10.0 Å². The molecule has 2 aliphatic rings. The number of methoxy groups -OCH3 is 1. The Morgan fingerprint density at radius 2 is 1.73 bits per heavy atom. The van der Waals surface area contributed by atoms with Crippen LogP contribution < -0.4 is 0 Å². The predicted octanol–water partition coefficient (Wildman–Crippen LogP) is 3.31. The molecule has 0 spiro atoms. The number of hydrogen-bond acceptors (Lipinski definition) is 6. The van der Waals surface area contributed by atoms with Gasteiger partial charge in [0.1, 0.15) is 0 Å². The van der Waals surface area contributed by atoms with Gasteiger partial charge in [0.25, 0.3) is 0 Å². The average Bonchev–Trinajstić information content (AvgIpc) is 2.73. The van der Waals surface area contributed by atoms with Crippen LogP contribution >= 0.6 is 11.8 Å². The van der Waals surface area contributed by atoms with Crippen molar-refractivity contribution in [1.29, 1.82) is 0 Å². The number of thioether (sulfide) groups is 1. The van der Waals surface area contributed by atoms with Crippen LogP contribution in [0.5, 0.6) is 0 Å². The second kappa shape index (κ2) is 9.05. The quantitative estimate of drug-likeness (QED) is 0.619. The molecule has 0 aromatic heterocycles. The number of benzene rings is 1. The molecule has 0 N–H and O–H groups in total. The second-order valence-electron chi connectivity index (χ2n) is 7.34. The van der Waals surface area contributed by atoms with Crippen molar-refractivity contribution in [3.8, 4) is 0 Å². The minimum Gasteiger partial charge on any atom is -0.468 e. The van der Waals surface area contributed by atoms with Crippen LogP contribution in [0.2, 0.25) is 0 Å². The van der Waals surface area contributed by atoms with Crippen molar-refractivity contribution < 1.29 is 35.9 Å². The SMILES string of the molecule is COC(=O)C1(S(=O)(=O)N2CCC(Sc3ccc(C(F)(F)F)cc3)CC2)CCOCC1. The van der Waals surface area contributed by atoms with Gasteiger partial charge < -0.3 is 9.47 Å². The van der Waals surface area contributed by atoms with Gasteiger partial charge in [-0.3, -0.25) is 4.79 Å². The number of carbonyl (C=O) groups is 1. The molecule has 1 aromatic rings. The lowest BCUT2D eigenvalue weighted by Gasteiger charge is -2.40. The van der Waals surface area contributed by atoms with E-state index in [9.17, 15) is 26.4 Å². The third-order valence-corrected chi connectivity index (χ3v) is 9.53. The van der Waals surface area contributed by atoms with E-state index in [1.54, 1.807) is 0 Å². The maximum atomic E-state index is 13.3. The first kappa shape index (κ1) is 23.4. The van der Waals surface area contributed by atoms with Gasteiger partial charge in [0.15, 0.2) is 4.75 Å². The summed E-state index contributed by atoms with van der Waals surface area (Å²) in [6, 6.07) is 4.97. The Morgan fingerprint density at radius 1 is 1.17 bits per heavy atom. The third kappa shape index (κ3) is 4.63. The molecule has 2 fully saturated rings. The van der Waals surface area contributed by atoms with Crippen LogP contribution in [-0.4, -0.2) is 62.1 Å². The molecule has 2 heterocycles. The molecule has 0 saturated carbocycles. The molecule has 0 atom stereocenters. The lowest BCUT2D eigenvalue weighted by molar-refractivity contribution is -0.146. The minimum absolute atomic E-state index is 0.0578. The summed E-state index contributed by atoms with van der Waals surface area (Å²) in [6.45, 7) is 0.851. The van der Waals surface area contributed by atoms with Crippen LogP contribution in [0.4, 0.5) is 13.2 Å². The second-order valence-corrected chi connectivity index (χ2v) is 11.0. The highest BCUT2D eigenvalue weighted by Gasteiger charge is 2.55. The zero-order valence-corrected chi connectivity index (χ0v) is 18.1. The maximum Gasteiger partial charge on any atom is 0.416 e. The molecule has 0 bridgehead atoms. The van der Waals surface area contributed by atoms with Gasteiger partial charge in [-0.25, -0.2) is 12.7 Å². The molecule has 0 amide bonds. The van der Waals surface area contributed by atoms with E-state index in [1.165, 1.54) is 35.3 Å². The molecular formula is C19H24F3NO5S2. The van der Waals surface area contributed by atoms with E-state index in [-0.39, 0.29) is 44.4 Å². The van der Waals surface area contributed by atoms with Crippen molar-refractivity contribution in [3.05, 3.63) is 29.8 Å². The van der Waals surface area contributed by atoms with Crippen molar-refractivity contribution in [2.24, 2.45) is 0 Å². The molecular weight excluding hydrogens is 443 g/mol. The Morgan fingerprint density at radius 3 is 2.23 bits per heavy atom. The largest absolute Gasteiger partial charge is 0.468 e. The van der Waals surface area contributed by atoms with Crippen LogP contribution in [-0.2, 0) is 30.5 Å². The average molecular weight is 468 g/mol. The molecule has 0 unspecified atom stereocenters. The predicted molar refractivity (Wildman–Crippen MR) is 106 cm³/mol. The van der Waals surface area contributed by atoms with Crippen LogP contribution in [0.1, 0.15) is 31.2 Å². The van der Waals surface area contributed by atoms with Crippen LogP contribution in [0, 0.1) is 0 Å². The highest BCUT2D eigenvalue weighted by atomic mass is 32.2. The van der Waals surface area contributed by atoms with E-state index in [1.807, 2.05) is 0 Å². The number of alkyl halides is 3. The summed E-state index contributed by atoms with van der Waals surface area (Å²) in [5.74, 6) is -0.757. The first-order chi connectivity index (χ1) is 14.1. The van der Waals surface area contributed by atoms with Gasteiger partial charge in [-0.05, 0) is 37.1 Å². The number of ether oxygens (including phenoxy) is 2. The summed E-state index contributed by atoms with van der Waals surface area (Å²) in [4.78, 5) is 13.1. The summed E-state index contributed by atoms with van der Waals surface area (Å²) in [6.07, 6.45) is -3.18. The number of esters is 1. The zero-order chi connectivity index (χ0) is 22.0. The standard InChI is InChI=1S/C19H24F3NO5S2/c1-27-17(24)18(8-12-28-13-9-18)30(25,26)23-10-6-16(7-11-23)29-15-4-2-14(3-5-15)19(20,21)22/h2-5,16H,6-13H2,1H3. The molecule has 2 aliphatic heterocycles. The van der Waals surface area contributed by atoms with Crippen LogP contribution in [0.25, 0.3) is 0 Å². The van der Waals surface area contributed by atoms with E-state index in [0.717, 1.165) is 12.1 Å². The molecule has 3 rings (SSSR count). The van der Waals surface area contributed by atoms with E-state index in [2.05, 4.69) is 0 Å². The molecule has 6 nitrogen and oxygen atoms in total. The lowest BCUT2D eigenvalue weighted by atomic mass is 9.99. The van der Waals surface area contributed by atoms with E-state index in [4.69, 9.17) is 9.47 Å². The molecule has 0 aliphatic carbocycles. The van der Waals surface area contributed by atoms with Crippen molar-refractivity contribution in [2.45, 2.75) is 46.8 Å². The number of piperidine rings is 1. The lowest BCUT2D eigenvalue weighted by Crippen LogP contribution is -2.58. The monoisotopic (exact) mass is 467 g/mol. The van der Waals surface area contributed by atoms with Crippen molar-refractivity contribution in [1.82, 2.24) is 4.31 Å². The summed E-state index contributed by atoms with van der Waals surface area (Å²) >= 11 is 1.44. The number of hydrogen-bond donors (Lipinski definition) is 0. The normalized spacial score (nSPS) is 21.3. The van der Waals surface area contributed by atoms with E-state index >= 15 is 0 Å². The van der Waals surface area contributed by atoms with Gasteiger partial charge in [0, 0.05) is 49.3 Å². The topological polar surface area (TPSA) is 72.9 Å². The van der Waals surface area contributed by atoms with Gasteiger partial charge in [-0.2, -0.15) is 13.2 Å². The van der Waals surface area contributed by atoms with Crippen molar-refractivity contribution >= 4 is 27.8 Å². The summed E-state index contributed by atoms with van der Waals surface area (Å²) < 4.78 is 74.5. The Labute approximate surface area is 178 Å². The first-order valence-corrected chi connectivity index (χ1v) is 11.9. The van der Waals surface area contributed by atoms with Crippen molar-refractivity contribution in [3.63, 3.8) is 0 Å². The van der Waals surface area contributed by atoms with E-state index < -0.39 is 32.5 Å². The Kier molecular flexibility index (Phi) is 7.05. The number of carbonyl (C=O) groups excluding carboxylic acids is 1. The van der Waals surface area contributed by atoms with Gasteiger partial charge in [-0.1, -0.05) is 0 Å². The van der Waals surface area contributed by atoms with Gasteiger partial charge >= 0.3 is 12.1 Å². The molecule has 30 heavy (non-hydrogen) atoms. The summed E-state index contributed by atoms with van der Waals surface area (Å²) in [5.41, 5.74) is -0.697. The van der Waals surface area contributed by atoms with Crippen LogP contribution in [0.15, 0.2) is 29.2 Å². The zero-order valence-electron chi connectivity index (χ0n) is 16.5. The first-order valence-electron chi connectivity index (χ1n) is 9.60.